The minimum atomic E-state index is -0.153. The molecule has 0 spiro atoms. The van der Waals surface area contributed by atoms with Crippen LogP contribution in [-0.4, -0.2) is 78.4 Å². The van der Waals surface area contributed by atoms with Gasteiger partial charge in [-0.05, 0) is 26.3 Å². The first-order valence-electron chi connectivity index (χ1n) is 9.61. The molecular weight excluding hydrogens is 328 g/mol. The lowest BCUT2D eigenvalue weighted by atomic mass is 10.2. The van der Waals surface area contributed by atoms with E-state index in [1.807, 2.05) is 56.0 Å². The number of rotatable bonds is 8. The second-order valence-corrected chi connectivity index (χ2v) is 6.76. The number of carbonyl (C=O) groups is 2. The van der Waals surface area contributed by atoms with Crippen molar-refractivity contribution in [3.63, 3.8) is 0 Å². The predicted octanol–water partition coefficient (Wildman–Crippen LogP) is 1.18. The van der Waals surface area contributed by atoms with Gasteiger partial charge in [-0.2, -0.15) is 0 Å². The number of carbonyl (C=O) groups excluding carboxylic acids is 2. The Morgan fingerprint density at radius 2 is 1.69 bits per heavy atom. The summed E-state index contributed by atoms with van der Waals surface area (Å²) in [5.41, 5.74) is 1.10. The van der Waals surface area contributed by atoms with Crippen molar-refractivity contribution >= 4 is 11.8 Å². The lowest BCUT2D eigenvalue weighted by molar-refractivity contribution is -0.133. The molecule has 0 radical (unpaired) electrons. The summed E-state index contributed by atoms with van der Waals surface area (Å²) < 4.78 is 0. The number of hydrogen-bond donors (Lipinski definition) is 1. The van der Waals surface area contributed by atoms with Gasteiger partial charge in [-0.3, -0.25) is 19.4 Å². The fourth-order valence-corrected chi connectivity index (χ4v) is 3.27. The van der Waals surface area contributed by atoms with Crippen molar-refractivity contribution in [1.82, 2.24) is 20.0 Å². The second-order valence-electron chi connectivity index (χ2n) is 6.76. The third-order valence-corrected chi connectivity index (χ3v) is 5.12. The average Bonchev–Trinajstić information content (AvgIpc) is 2.68. The van der Waals surface area contributed by atoms with Gasteiger partial charge in [0.05, 0.1) is 12.6 Å². The van der Waals surface area contributed by atoms with E-state index in [0.29, 0.717) is 13.1 Å². The Balaban J connectivity index is 1.74. The largest absolute Gasteiger partial charge is 0.351 e. The summed E-state index contributed by atoms with van der Waals surface area (Å²) in [4.78, 5) is 30.9. The first kappa shape index (κ1) is 20.4. The molecule has 0 aliphatic carbocycles. The summed E-state index contributed by atoms with van der Waals surface area (Å²) in [7, 11) is 0. The molecule has 144 valence electrons. The van der Waals surface area contributed by atoms with E-state index in [1.165, 1.54) is 0 Å². The van der Waals surface area contributed by atoms with Crippen LogP contribution in [0.4, 0.5) is 0 Å². The molecule has 26 heavy (non-hydrogen) atoms. The molecule has 0 bridgehead atoms. The van der Waals surface area contributed by atoms with E-state index in [1.54, 1.807) is 0 Å². The van der Waals surface area contributed by atoms with E-state index < -0.39 is 0 Å². The van der Waals surface area contributed by atoms with Crippen molar-refractivity contribution in [2.24, 2.45) is 0 Å². The van der Waals surface area contributed by atoms with Crippen LogP contribution in [0.25, 0.3) is 0 Å². The highest BCUT2D eigenvalue weighted by atomic mass is 16.2. The summed E-state index contributed by atoms with van der Waals surface area (Å²) in [5.74, 6) is 0.249. The topological polar surface area (TPSA) is 55.9 Å². The van der Waals surface area contributed by atoms with Crippen molar-refractivity contribution in [2.75, 3.05) is 45.8 Å². The number of piperazine rings is 1. The van der Waals surface area contributed by atoms with Gasteiger partial charge in [-0.15, -0.1) is 0 Å². The van der Waals surface area contributed by atoms with Gasteiger partial charge in [0.2, 0.25) is 11.8 Å². The lowest BCUT2D eigenvalue weighted by Gasteiger charge is -2.37. The number of nitrogens with zero attached hydrogens (tertiary/aromatic N) is 3. The van der Waals surface area contributed by atoms with Crippen LogP contribution in [-0.2, 0) is 16.1 Å². The molecule has 1 aromatic rings. The molecule has 1 heterocycles. The SMILES string of the molecule is CCN(CC)C(=O)CN1CCN(C(C)C(=O)NCc2ccccc2)CC1. The highest BCUT2D eigenvalue weighted by Gasteiger charge is 2.26. The quantitative estimate of drug-likeness (QED) is 0.756. The number of hydrogen-bond acceptors (Lipinski definition) is 4. The van der Waals surface area contributed by atoms with Gasteiger partial charge < -0.3 is 10.2 Å². The summed E-state index contributed by atoms with van der Waals surface area (Å²) >= 11 is 0. The average molecular weight is 361 g/mol. The molecule has 1 aliphatic rings. The molecule has 2 amide bonds. The molecule has 1 saturated heterocycles. The molecule has 1 aromatic carbocycles. The van der Waals surface area contributed by atoms with Crippen LogP contribution < -0.4 is 5.32 Å². The Bertz CT molecular complexity index is 566. The number of likely N-dealkylation sites (N-methyl/N-ethyl adjacent to an activating group) is 1. The van der Waals surface area contributed by atoms with Gasteiger partial charge >= 0.3 is 0 Å². The van der Waals surface area contributed by atoms with Crippen LogP contribution >= 0.6 is 0 Å². The lowest BCUT2D eigenvalue weighted by Crippen LogP contribution is -2.55. The first-order chi connectivity index (χ1) is 12.5. The maximum absolute atomic E-state index is 12.4. The number of benzene rings is 1. The zero-order valence-corrected chi connectivity index (χ0v) is 16.3. The van der Waals surface area contributed by atoms with Crippen LogP contribution in [0.15, 0.2) is 30.3 Å². The van der Waals surface area contributed by atoms with Gasteiger partial charge in [-0.25, -0.2) is 0 Å². The third kappa shape index (κ3) is 5.81. The molecule has 6 heteroatoms. The Morgan fingerprint density at radius 1 is 1.08 bits per heavy atom. The maximum atomic E-state index is 12.4. The molecule has 0 saturated carbocycles. The third-order valence-electron chi connectivity index (χ3n) is 5.12. The number of nitrogens with one attached hydrogen (secondary N) is 1. The van der Waals surface area contributed by atoms with E-state index in [9.17, 15) is 9.59 Å². The second kappa shape index (κ2) is 10.3. The van der Waals surface area contributed by atoms with Crippen LogP contribution in [0, 0.1) is 0 Å². The molecule has 0 aromatic heterocycles. The Morgan fingerprint density at radius 3 is 2.27 bits per heavy atom. The Labute approximate surface area is 157 Å². The van der Waals surface area contributed by atoms with Crippen LogP contribution in [0.1, 0.15) is 26.3 Å². The molecule has 6 nitrogen and oxygen atoms in total. The van der Waals surface area contributed by atoms with Crippen molar-refractivity contribution < 1.29 is 9.59 Å². The van der Waals surface area contributed by atoms with Crippen LogP contribution in [0.2, 0.25) is 0 Å². The predicted molar refractivity (Wildman–Crippen MR) is 104 cm³/mol. The van der Waals surface area contributed by atoms with Gasteiger partial charge in [0.1, 0.15) is 0 Å². The Kier molecular flexibility index (Phi) is 8.06. The van der Waals surface area contributed by atoms with E-state index in [-0.39, 0.29) is 17.9 Å². The van der Waals surface area contributed by atoms with Gasteiger partial charge in [0.25, 0.3) is 0 Å². The fraction of sp³-hybridized carbons (Fsp3) is 0.600. The number of amides is 2. The monoisotopic (exact) mass is 360 g/mol. The smallest absolute Gasteiger partial charge is 0.237 e. The summed E-state index contributed by atoms with van der Waals surface area (Å²) in [5, 5.41) is 3.01. The van der Waals surface area contributed by atoms with Crippen LogP contribution in [0.5, 0.6) is 0 Å². The molecule has 1 fully saturated rings. The summed E-state index contributed by atoms with van der Waals surface area (Å²) in [6.07, 6.45) is 0. The van der Waals surface area contributed by atoms with Crippen molar-refractivity contribution in [3.05, 3.63) is 35.9 Å². The minimum absolute atomic E-state index is 0.0570. The molecule has 1 N–H and O–H groups in total. The van der Waals surface area contributed by atoms with E-state index in [2.05, 4.69) is 15.1 Å². The van der Waals surface area contributed by atoms with E-state index in [4.69, 9.17) is 0 Å². The van der Waals surface area contributed by atoms with Crippen molar-refractivity contribution in [1.29, 1.82) is 0 Å². The highest BCUT2D eigenvalue weighted by Crippen LogP contribution is 2.08. The molecular formula is C20H32N4O2. The fourth-order valence-electron chi connectivity index (χ4n) is 3.27. The summed E-state index contributed by atoms with van der Waals surface area (Å²) in [6, 6.07) is 9.79. The zero-order chi connectivity index (χ0) is 18.9. The minimum Gasteiger partial charge on any atom is -0.351 e. The zero-order valence-electron chi connectivity index (χ0n) is 16.3. The molecule has 2 rings (SSSR count). The van der Waals surface area contributed by atoms with Crippen LogP contribution in [0.3, 0.4) is 0 Å². The van der Waals surface area contributed by atoms with Crippen molar-refractivity contribution in [2.45, 2.75) is 33.4 Å². The maximum Gasteiger partial charge on any atom is 0.237 e. The molecule has 1 atom stereocenters. The first-order valence-corrected chi connectivity index (χ1v) is 9.61. The Hall–Kier alpha value is -1.92. The standard InChI is InChI=1S/C20H32N4O2/c1-4-23(5-2)19(25)16-22-11-13-24(14-12-22)17(3)20(26)21-15-18-9-7-6-8-10-18/h6-10,17H,4-5,11-16H2,1-3H3,(H,21,26). The van der Waals surface area contributed by atoms with E-state index >= 15 is 0 Å². The molecule has 1 aliphatic heterocycles. The highest BCUT2D eigenvalue weighted by molar-refractivity contribution is 5.81. The van der Waals surface area contributed by atoms with Crippen molar-refractivity contribution in [3.8, 4) is 0 Å². The van der Waals surface area contributed by atoms with Gasteiger partial charge in [-0.1, -0.05) is 30.3 Å². The van der Waals surface area contributed by atoms with Gasteiger partial charge in [0.15, 0.2) is 0 Å². The normalized spacial score (nSPS) is 16.9. The van der Waals surface area contributed by atoms with E-state index in [0.717, 1.165) is 44.8 Å². The van der Waals surface area contributed by atoms with Gasteiger partial charge in [0, 0.05) is 45.8 Å². The summed E-state index contributed by atoms with van der Waals surface area (Å²) in [6.45, 7) is 11.8. The molecule has 1 unspecified atom stereocenters.